The van der Waals surface area contributed by atoms with Gasteiger partial charge in [0.1, 0.15) is 12.6 Å². The van der Waals surface area contributed by atoms with Crippen molar-refractivity contribution in [2.75, 3.05) is 25.5 Å². The Balaban J connectivity index is 1.57. The summed E-state index contributed by atoms with van der Waals surface area (Å²) in [6.45, 7) is 1.43. The van der Waals surface area contributed by atoms with Gasteiger partial charge in [-0.15, -0.1) is 4.31 Å². The summed E-state index contributed by atoms with van der Waals surface area (Å²) in [6, 6.07) is 14.6. The maximum Gasteiger partial charge on any atom is 0.407 e. The minimum atomic E-state index is -4.50. The summed E-state index contributed by atoms with van der Waals surface area (Å²) in [6.07, 6.45) is -1.60. The van der Waals surface area contributed by atoms with Crippen LogP contribution in [0.25, 0.3) is 0 Å². The van der Waals surface area contributed by atoms with Gasteiger partial charge in [0.05, 0.1) is 37.1 Å². The van der Waals surface area contributed by atoms with Crippen LogP contribution in [0.5, 0.6) is 5.75 Å². The highest BCUT2D eigenvalue weighted by Gasteiger charge is 2.44. The summed E-state index contributed by atoms with van der Waals surface area (Å²) in [5.41, 5.74) is 7.94. The first kappa shape index (κ1) is 32.2. The largest absolute Gasteiger partial charge is 0.593 e. The van der Waals surface area contributed by atoms with Crippen molar-refractivity contribution in [1.82, 2.24) is 9.31 Å². The highest BCUT2D eigenvalue weighted by molar-refractivity contribution is 7.89. The van der Waals surface area contributed by atoms with Gasteiger partial charge < -0.3 is 35.5 Å². The maximum atomic E-state index is 13.5. The third-order valence-corrected chi connectivity index (χ3v) is 8.56. The Morgan fingerprint density at radius 2 is 2.02 bits per heavy atom. The van der Waals surface area contributed by atoms with Crippen LogP contribution in [0.4, 0.5) is 18.9 Å². The van der Waals surface area contributed by atoms with Gasteiger partial charge in [-0.25, -0.2) is 10.6 Å². The Morgan fingerprint density at radius 1 is 1.28 bits per heavy atom. The second-order valence-corrected chi connectivity index (χ2v) is 11.8. The molecule has 0 bridgehead atoms. The standard InChI is InChI=1S/C29H35F3N6O4S/c1-3-20-15-38(43(40)26-10-5-4-9-25(26)42-20)14-18-7-6-8-19(11-18)36-27(23(13-33)28(39)41-2)22-12-21(22)24(34)16-37(35)17-29(30,31)32/h4-11,13,16,20-22,33,36H,3,12,14-15,17,34-35H2,1-2H3/b24-16-,27-23+,33-13?/t20-,21?,22-,43?/m1/s1. The highest BCUT2D eigenvalue weighted by Crippen LogP contribution is 2.48. The van der Waals surface area contributed by atoms with Crippen LogP contribution in [0.2, 0.25) is 0 Å². The summed E-state index contributed by atoms with van der Waals surface area (Å²) in [5, 5.41) is 11.6. The van der Waals surface area contributed by atoms with E-state index in [1.165, 1.54) is 7.11 Å². The number of halogens is 3. The molecule has 0 saturated heterocycles. The van der Waals surface area contributed by atoms with E-state index in [-0.39, 0.29) is 17.4 Å². The van der Waals surface area contributed by atoms with E-state index in [9.17, 15) is 22.5 Å². The van der Waals surface area contributed by atoms with Gasteiger partial charge in [-0.1, -0.05) is 31.2 Å². The molecule has 2 unspecified atom stereocenters. The third-order valence-electron chi connectivity index (χ3n) is 7.10. The number of fused-ring (bicyclic) bond motifs is 1. The number of esters is 1. The summed E-state index contributed by atoms with van der Waals surface area (Å²) in [4.78, 5) is 13.2. The van der Waals surface area contributed by atoms with Gasteiger partial charge in [-0.3, -0.25) is 0 Å². The topological polar surface area (TPSA) is 153 Å². The van der Waals surface area contributed by atoms with E-state index in [4.69, 9.17) is 26.5 Å². The molecule has 1 aliphatic carbocycles. The van der Waals surface area contributed by atoms with Gasteiger partial charge in [0, 0.05) is 41.3 Å². The summed E-state index contributed by atoms with van der Waals surface area (Å²) >= 11 is -1.46. The fourth-order valence-corrected chi connectivity index (χ4v) is 6.25. The van der Waals surface area contributed by atoms with Gasteiger partial charge in [-0.2, -0.15) is 13.2 Å². The van der Waals surface area contributed by atoms with Crippen molar-refractivity contribution in [1.29, 1.82) is 5.41 Å². The molecular weight excluding hydrogens is 585 g/mol. The Labute approximate surface area is 251 Å². The summed E-state index contributed by atoms with van der Waals surface area (Å²) < 4.78 is 64.5. The number of hydrazine groups is 1. The molecule has 2 aliphatic rings. The van der Waals surface area contributed by atoms with Gasteiger partial charge in [0.2, 0.25) is 4.90 Å². The fourth-order valence-electron chi connectivity index (χ4n) is 4.92. The lowest BCUT2D eigenvalue weighted by Gasteiger charge is -2.23. The number of nitrogens with one attached hydrogen (secondary N) is 2. The third kappa shape index (κ3) is 8.22. The van der Waals surface area contributed by atoms with Crippen LogP contribution >= 0.6 is 0 Å². The molecule has 0 aromatic heterocycles. The average Bonchev–Trinajstić information content (AvgIpc) is 3.77. The number of nitrogens with zero attached hydrogens (tertiary/aromatic N) is 2. The smallest absolute Gasteiger partial charge is 0.407 e. The lowest BCUT2D eigenvalue weighted by molar-refractivity contribution is -0.140. The molecule has 0 spiro atoms. The first-order chi connectivity index (χ1) is 20.4. The van der Waals surface area contributed by atoms with Crippen molar-refractivity contribution in [2.45, 2.75) is 43.5 Å². The molecule has 4 atom stereocenters. The second kappa shape index (κ2) is 13.7. The molecule has 10 nitrogen and oxygen atoms in total. The van der Waals surface area contributed by atoms with Crippen LogP contribution in [-0.4, -0.2) is 58.5 Å². The molecule has 2 aromatic rings. The van der Waals surface area contributed by atoms with Crippen molar-refractivity contribution < 1.29 is 32.0 Å². The number of nitrogens with two attached hydrogens (primary N) is 2. The van der Waals surface area contributed by atoms with E-state index in [0.717, 1.165) is 24.4 Å². The number of hydrogen-bond donors (Lipinski definition) is 4. The summed E-state index contributed by atoms with van der Waals surface area (Å²) in [5.74, 6) is 4.52. The highest BCUT2D eigenvalue weighted by atomic mass is 32.2. The zero-order valence-corrected chi connectivity index (χ0v) is 24.6. The predicted octanol–water partition coefficient (Wildman–Crippen LogP) is 4.05. The maximum absolute atomic E-state index is 13.5. The fraction of sp³-hybridized carbons (Fsp3) is 0.379. The average molecular weight is 621 g/mol. The molecule has 0 amide bonds. The Kier molecular flexibility index (Phi) is 10.3. The first-order valence-corrected chi connectivity index (χ1v) is 14.7. The molecule has 1 fully saturated rings. The lowest BCUT2D eigenvalue weighted by atomic mass is 10.1. The van der Waals surface area contributed by atoms with E-state index in [1.54, 1.807) is 12.1 Å². The molecule has 43 heavy (non-hydrogen) atoms. The quantitative estimate of drug-likeness (QED) is 0.0728. The van der Waals surface area contributed by atoms with Crippen molar-refractivity contribution >= 4 is 29.2 Å². The van der Waals surface area contributed by atoms with E-state index in [0.29, 0.717) is 46.5 Å². The molecule has 0 radical (unpaired) electrons. The zero-order chi connectivity index (χ0) is 31.3. The molecule has 1 heterocycles. The van der Waals surface area contributed by atoms with Crippen LogP contribution < -0.4 is 21.6 Å². The van der Waals surface area contributed by atoms with Gasteiger partial charge >= 0.3 is 12.1 Å². The van der Waals surface area contributed by atoms with Gasteiger partial charge in [0.25, 0.3) is 0 Å². The van der Waals surface area contributed by atoms with Gasteiger partial charge in [-0.05, 0) is 42.7 Å². The van der Waals surface area contributed by atoms with E-state index < -0.39 is 41.9 Å². The van der Waals surface area contributed by atoms with E-state index >= 15 is 0 Å². The van der Waals surface area contributed by atoms with Crippen LogP contribution in [0.3, 0.4) is 0 Å². The number of para-hydroxylation sites is 1. The molecule has 232 valence electrons. The number of alkyl halides is 3. The number of hydrogen-bond acceptors (Lipinski definition) is 10. The number of benzene rings is 2. The van der Waals surface area contributed by atoms with Crippen LogP contribution in [0.15, 0.2) is 76.6 Å². The van der Waals surface area contributed by atoms with E-state index in [2.05, 4.69) is 5.32 Å². The van der Waals surface area contributed by atoms with Crippen LogP contribution in [0, 0.1) is 17.2 Å². The van der Waals surface area contributed by atoms with Crippen molar-refractivity contribution in [3.05, 3.63) is 77.3 Å². The number of methoxy groups -OCH3 is 1. The van der Waals surface area contributed by atoms with Crippen LogP contribution in [0.1, 0.15) is 25.3 Å². The zero-order valence-electron chi connectivity index (χ0n) is 23.8. The predicted molar refractivity (Wildman–Crippen MR) is 157 cm³/mol. The number of carbonyl (C=O) groups excluding carboxylic acids is 1. The number of allylic oxidation sites excluding steroid dienone is 2. The van der Waals surface area contributed by atoms with Crippen LogP contribution in [-0.2, 0) is 27.4 Å². The normalized spacial score (nSPS) is 22.8. The number of anilines is 1. The molecule has 14 heteroatoms. The minimum Gasteiger partial charge on any atom is -0.593 e. The molecule has 6 N–H and O–H groups in total. The summed E-state index contributed by atoms with van der Waals surface area (Å²) in [7, 11) is 1.19. The number of carbonyl (C=O) groups is 1. The Hall–Kier alpha value is -3.72. The molecular formula is C29H35F3N6O4S. The SMILES string of the molecule is CC[C@@H]1CN(Cc2cccc(N/C(=C(\C=N)C(=O)OC)[C@@H]3CC3/C(N)=C/N(N)CC(F)(F)F)c2)[S+]([O-])c2ccccc2O1. The van der Waals surface area contributed by atoms with Crippen molar-refractivity contribution in [3.8, 4) is 5.75 Å². The Bertz CT molecular complexity index is 1390. The molecule has 1 aliphatic heterocycles. The molecule has 1 saturated carbocycles. The van der Waals surface area contributed by atoms with Crippen molar-refractivity contribution in [2.24, 2.45) is 23.4 Å². The minimum absolute atomic E-state index is 0.0405. The second-order valence-electron chi connectivity index (χ2n) is 10.3. The lowest BCUT2D eigenvalue weighted by Crippen LogP contribution is -2.36. The monoisotopic (exact) mass is 620 g/mol. The number of ether oxygens (including phenoxy) is 2. The molecule has 2 aromatic carbocycles. The van der Waals surface area contributed by atoms with Gasteiger partial charge in [0.15, 0.2) is 5.75 Å². The number of rotatable bonds is 11. The van der Waals surface area contributed by atoms with E-state index in [1.807, 2.05) is 47.6 Å². The first-order valence-electron chi connectivity index (χ1n) is 13.6. The molecule has 4 rings (SSSR count). The van der Waals surface area contributed by atoms with Crippen molar-refractivity contribution in [3.63, 3.8) is 0 Å². The Morgan fingerprint density at radius 3 is 2.70 bits per heavy atom.